The Balaban J connectivity index is 2.26. The van der Waals surface area contributed by atoms with Crippen LogP contribution in [0, 0.1) is 37.1 Å². The zero-order valence-electron chi connectivity index (χ0n) is 14.0. The van der Waals surface area contributed by atoms with Crippen LogP contribution in [-0.4, -0.2) is 18.1 Å². The normalized spacial score (nSPS) is 10.4. The molecule has 1 amide bonds. The van der Waals surface area contributed by atoms with Crippen molar-refractivity contribution in [3.05, 3.63) is 58.2 Å². The second-order valence-electron chi connectivity index (χ2n) is 5.45. The maximum Gasteiger partial charge on any atom is 0.263 e. The van der Waals surface area contributed by atoms with Gasteiger partial charge in [0.2, 0.25) is 11.6 Å². The maximum absolute atomic E-state index is 13.9. The minimum Gasteiger partial charge on any atom is -0.491 e. The van der Waals surface area contributed by atoms with Crippen LogP contribution < -0.4 is 15.4 Å². The molecule has 0 aliphatic carbocycles. The molecular formula is C17H14F4N2O2S. The van der Waals surface area contributed by atoms with Crippen molar-refractivity contribution in [1.82, 2.24) is 5.32 Å². The molecule has 0 bridgehead atoms. The van der Waals surface area contributed by atoms with E-state index in [1.165, 1.54) is 0 Å². The molecule has 0 fully saturated rings. The SMILES string of the molecule is COc1c(F)c(F)c(C(=O)NC(=S)Nc2cc(C)cc(C)c2)c(F)c1F. The van der Waals surface area contributed by atoms with E-state index in [2.05, 4.69) is 10.1 Å². The summed E-state index contributed by atoms with van der Waals surface area (Å²) in [6.45, 7) is 3.68. The van der Waals surface area contributed by atoms with Crippen LogP contribution >= 0.6 is 12.2 Å². The smallest absolute Gasteiger partial charge is 0.263 e. The van der Waals surface area contributed by atoms with Gasteiger partial charge in [-0.15, -0.1) is 0 Å². The predicted octanol–water partition coefficient (Wildman–Crippen LogP) is 4.00. The summed E-state index contributed by atoms with van der Waals surface area (Å²) in [6.07, 6.45) is 0. The van der Waals surface area contributed by atoms with Crippen molar-refractivity contribution in [3.8, 4) is 5.75 Å². The number of thiocarbonyl (C=S) groups is 1. The largest absolute Gasteiger partial charge is 0.491 e. The number of rotatable bonds is 3. The number of carbonyl (C=O) groups excluding carboxylic acids is 1. The first-order chi connectivity index (χ1) is 12.1. The van der Waals surface area contributed by atoms with Crippen molar-refractivity contribution in [1.29, 1.82) is 0 Å². The van der Waals surface area contributed by atoms with Crippen molar-refractivity contribution in [2.45, 2.75) is 13.8 Å². The Bertz CT molecular complexity index is 854. The van der Waals surface area contributed by atoms with Crippen molar-refractivity contribution in [2.24, 2.45) is 0 Å². The standard InChI is InChI=1S/C17H14F4N2O2S/c1-7-4-8(2)6-9(5-7)22-17(26)23-16(24)10-11(18)13(20)15(25-3)14(21)12(10)19/h4-6H,1-3H3,(H2,22,23,24,26). The van der Waals surface area contributed by atoms with Crippen LogP contribution in [0.5, 0.6) is 5.75 Å². The van der Waals surface area contributed by atoms with Gasteiger partial charge in [-0.3, -0.25) is 10.1 Å². The summed E-state index contributed by atoms with van der Waals surface area (Å²) in [5.41, 5.74) is 0.919. The Morgan fingerprint density at radius 2 is 1.46 bits per heavy atom. The van der Waals surface area contributed by atoms with Crippen LogP contribution in [0.25, 0.3) is 0 Å². The maximum atomic E-state index is 13.9. The average molecular weight is 386 g/mol. The van der Waals surface area contributed by atoms with E-state index in [1.807, 2.05) is 25.2 Å². The molecular weight excluding hydrogens is 372 g/mol. The third-order valence-corrected chi connectivity index (χ3v) is 3.57. The molecule has 9 heteroatoms. The number of ether oxygens (including phenoxy) is 1. The van der Waals surface area contributed by atoms with E-state index in [-0.39, 0.29) is 5.11 Å². The van der Waals surface area contributed by atoms with E-state index < -0.39 is 40.5 Å². The molecule has 0 atom stereocenters. The Hall–Kier alpha value is -2.68. The summed E-state index contributed by atoms with van der Waals surface area (Å²) < 4.78 is 59.5. The van der Waals surface area contributed by atoms with Gasteiger partial charge in [0.1, 0.15) is 5.56 Å². The molecule has 138 valence electrons. The quantitative estimate of drug-likeness (QED) is 0.476. The number of anilines is 1. The third-order valence-electron chi connectivity index (χ3n) is 3.36. The lowest BCUT2D eigenvalue weighted by Gasteiger charge is -2.13. The molecule has 0 saturated carbocycles. The first-order valence-electron chi connectivity index (χ1n) is 7.26. The van der Waals surface area contributed by atoms with Crippen LogP contribution in [0.15, 0.2) is 18.2 Å². The molecule has 2 aromatic carbocycles. The van der Waals surface area contributed by atoms with E-state index in [9.17, 15) is 22.4 Å². The van der Waals surface area contributed by atoms with Crippen molar-refractivity contribution < 1.29 is 27.1 Å². The summed E-state index contributed by atoms with van der Waals surface area (Å²) in [5, 5.41) is 4.35. The fraction of sp³-hybridized carbons (Fsp3) is 0.176. The number of hydrogen-bond donors (Lipinski definition) is 2. The van der Waals surface area contributed by atoms with Crippen LogP contribution in [0.1, 0.15) is 21.5 Å². The Morgan fingerprint density at radius 3 is 1.92 bits per heavy atom. The molecule has 0 spiro atoms. The molecule has 0 radical (unpaired) electrons. The van der Waals surface area contributed by atoms with Crippen LogP contribution in [0.2, 0.25) is 0 Å². The van der Waals surface area contributed by atoms with E-state index in [0.717, 1.165) is 18.2 Å². The number of halogens is 4. The van der Waals surface area contributed by atoms with Crippen LogP contribution in [0.4, 0.5) is 23.2 Å². The number of methoxy groups -OCH3 is 1. The molecule has 4 nitrogen and oxygen atoms in total. The van der Waals surface area contributed by atoms with Gasteiger partial charge in [-0.2, -0.15) is 8.78 Å². The van der Waals surface area contributed by atoms with Gasteiger partial charge in [0, 0.05) is 5.69 Å². The van der Waals surface area contributed by atoms with Gasteiger partial charge in [0.25, 0.3) is 5.91 Å². The topological polar surface area (TPSA) is 50.4 Å². The highest BCUT2D eigenvalue weighted by Crippen LogP contribution is 2.29. The number of carbonyl (C=O) groups is 1. The predicted molar refractivity (Wildman–Crippen MR) is 92.4 cm³/mol. The van der Waals surface area contributed by atoms with Gasteiger partial charge in [-0.1, -0.05) is 6.07 Å². The number of nitrogens with one attached hydrogen (secondary N) is 2. The van der Waals surface area contributed by atoms with Gasteiger partial charge in [0.05, 0.1) is 7.11 Å². The molecule has 0 heterocycles. The zero-order valence-corrected chi connectivity index (χ0v) is 14.8. The van der Waals surface area contributed by atoms with Crippen molar-refractivity contribution in [3.63, 3.8) is 0 Å². The van der Waals surface area contributed by atoms with E-state index in [4.69, 9.17) is 12.2 Å². The molecule has 2 aromatic rings. The summed E-state index contributed by atoms with van der Waals surface area (Å²) >= 11 is 4.90. The highest BCUT2D eigenvalue weighted by molar-refractivity contribution is 7.80. The molecule has 0 unspecified atom stereocenters. The fourth-order valence-corrected chi connectivity index (χ4v) is 2.58. The van der Waals surface area contributed by atoms with E-state index in [1.54, 1.807) is 12.1 Å². The van der Waals surface area contributed by atoms with E-state index >= 15 is 0 Å². The minimum absolute atomic E-state index is 0.296. The Morgan fingerprint density at radius 1 is 0.962 bits per heavy atom. The highest BCUT2D eigenvalue weighted by Gasteiger charge is 2.30. The average Bonchev–Trinajstić information content (AvgIpc) is 2.52. The summed E-state index contributed by atoms with van der Waals surface area (Å²) in [7, 11) is 0.836. The lowest BCUT2D eigenvalue weighted by Crippen LogP contribution is -2.35. The molecule has 0 saturated heterocycles. The molecule has 26 heavy (non-hydrogen) atoms. The lowest BCUT2D eigenvalue weighted by molar-refractivity contribution is 0.0966. The number of amides is 1. The van der Waals surface area contributed by atoms with Crippen LogP contribution in [0.3, 0.4) is 0 Å². The fourth-order valence-electron chi connectivity index (χ4n) is 2.36. The first kappa shape index (κ1) is 19.6. The summed E-state index contributed by atoms with van der Waals surface area (Å²) in [6, 6.07) is 5.35. The molecule has 2 N–H and O–H groups in total. The summed E-state index contributed by atoms with van der Waals surface area (Å²) in [5.74, 6) is -10.1. The van der Waals surface area contributed by atoms with Crippen LogP contribution in [-0.2, 0) is 0 Å². The van der Waals surface area contributed by atoms with E-state index in [0.29, 0.717) is 5.69 Å². The monoisotopic (exact) mass is 386 g/mol. The first-order valence-corrected chi connectivity index (χ1v) is 7.67. The zero-order chi connectivity index (χ0) is 19.6. The third kappa shape index (κ3) is 3.93. The Kier molecular flexibility index (Phi) is 5.81. The number of hydrogen-bond acceptors (Lipinski definition) is 3. The van der Waals surface area contributed by atoms with Gasteiger partial charge in [0.15, 0.2) is 22.5 Å². The number of aryl methyl sites for hydroxylation is 2. The highest BCUT2D eigenvalue weighted by atomic mass is 32.1. The molecule has 0 aliphatic rings. The lowest BCUT2D eigenvalue weighted by atomic mass is 10.1. The van der Waals surface area contributed by atoms with Gasteiger partial charge >= 0.3 is 0 Å². The molecule has 0 aromatic heterocycles. The van der Waals surface area contributed by atoms with Gasteiger partial charge in [-0.05, 0) is 49.3 Å². The minimum atomic E-state index is -1.88. The number of benzene rings is 2. The second-order valence-corrected chi connectivity index (χ2v) is 5.86. The van der Waals surface area contributed by atoms with Crippen molar-refractivity contribution >= 4 is 28.9 Å². The summed E-state index contributed by atoms with van der Waals surface area (Å²) in [4.78, 5) is 12.0. The Labute approximate surface area is 152 Å². The molecule has 2 rings (SSSR count). The molecule has 0 aliphatic heterocycles. The van der Waals surface area contributed by atoms with Crippen molar-refractivity contribution in [2.75, 3.05) is 12.4 Å². The van der Waals surface area contributed by atoms with Gasteiger partial charge in [-0.25, -0.2) is 8.78 Å². The van der Waals surface area contributed by atoms with Gasteiger partial charge < -0.3 is 10.1 Å². The second kappa shape index (κ2) is 7.69.